The van der Waals surface area contributed by atoms with Crippen molar-refractivity contribution in [1.82, 2.24) is 10.3 Å². The number of carbonyl (C=O) groups excluding carboxylic acids is 1. The van der Waals surface area contributed by atoms with Crippen LogP contribution < -0.4 is 15.4 Å². The predicted octanol–water partition coefficient (Wildman–Crippen LogP) is 4.19. The molecule has 0 spiro atoms. The second kappa shape index (κ2) is 10.0. The van der Waals surface area contributed by atoms with Crippen molar-refractivity contribution < 1.29 is 9.53 Å². The molecule has 0 fully saturated rings. The number of carbonyl (C=O) groups is 1. The number of nitrogens with one attached hydrogen (secondary N) is 2. The predicted molar refractivity (Wildman–Crippen MR) is 115 cm³/mol. The quantitative estimate of drug-likeness (QED) is 0.490. The lowest BCUT2D eigenvalue weighted by molar-refractivity contribution is 0.0976. The van der Waals surface area contributed by atoms with E-state index in [1.807, 2.05) is 68.4 Å². The summed E-state index contributed by atoms with van der Waals surface area (Å²) in [7, 11) is 0. The van der Waals surface area contributed by atoms with Crippen LogP contribution in [0.5, 0.6) is 5.75 Å². The molecule has 1 heterocycles. The van der Waals surface area contributed by atoms with Gasteiger partial charge in [0.15, 0.2) is 0 Å². The molecule has 6 nitrogen and oxygen atoms in total. The number of hydrogen-bond acceptors (Lipinski definition) is 4. The number of aryl methyl sites for hydroxylation is 1. The topological polar surface area (TPSA) is 75.6 Å². The minimum atomic E-state index is -0.213. The van der Waals surface area contributed by atoms with Gasteiger partial charge in [-0.2, -0.15) is 0 Å². The van der Waals surface area contributed by atoms with E-state index in [-0.39, 0.29) is 5.91 Å². The third-order valence-electron chi connectivity index (χ3n) is 4.22. The molecule has 3 aromatic rings. The van der Waals surface area contributed by atoms with Crippen LogP contribution in [-0.4, -0.2) is 23.5 Å². The molecule has 0 aliphatic carbocycles. The first-order valence-corrected chi connectivity index (χ1v) is 9.46. The lowest BCUT2D eigenvalue weighted by Gasteiger charge is -2.13. The number of guanidine groups is 1. The van der Waals surface area contributed by atoms with Crippen molar-refractivity contribution in [2.45, 2.75) is 20.4 Å². The van der Waals surface area contributed by atoms with E-state index >= 15 is 0 Å². The lowest BCUT2D eigenvalue weighted by Crippen LogP contribution is -2.36. The fourth-order valence-electron chi connectivity index (χ4n) is 2.71. The summed E-state index contributed by atoms with van der Waals surface area (Å²) in [5.74, 6) is 0.950. The number of ether oxygens (including phenoxy) is 1. The molecule has 0 unspecified atom stereocenters. The monoisotopic (exact) mass is 388 g/mol. The normalized spacial score (nSPS) is 11.0. The van der Waals surface area contributed by atoms with Crippen molar-refractivity contribution in [3.05, 3.63) is 89.7 Å². The number of amides is 1. The maximum atomic E-state index is 12.8. The summed E-state index contributed by atoms with van der Waals surface area (Å²) < 4.78 is 5.47. The summed E-state index contributed by atoms with van der Waals surface area (Å²) in [5, 5.41) is 6.07. The highest BCUT2D eigenvalue weighted by Crippen LogP contribution is 2.16. The number of nitrogens with zero attached hydrogens (tertiary/aromatic N) is 2. The van der Waals surface area contributed by atoms with Gasteiger partial charge in [0.1, 0.15) is 5.75 Å². The van der Waals surface area contributed by atoms with Crippen LogP contribution in [0.25, 0.3) is 0 Å². The van der Waals surface area contributed by atoms with Gasteiger partial charge in [0.05, 0.1) is 13.2 Å². The summed E-state index contributed by atoms with van der Waals surface area (Å²) in [6.45, 7) is 4.87. The van der Waals surface area contributed by atoms with Crippen molar-refractivity contribution >= 4 is 17.6 Å². The highest BCUT2D eigenvalue weighted by molar-refractivity contribution is 6.10. The third kappa shape index (κ3) is 5.90. The maximum Gasteiger partial charge on any atom is 0.258 e. The van der Waals surface area contributed by atoms with Crippen molar-refractivity contribution in [3.63, 3.8) is 0 Å². The third-order valence-corrected chi connectivity index (χ3v) is 4.22. The Labute approximate surface area is 170 Å². The molecule has 0 aliphatic heterocycles. The summed E-state index contributed by atoms with van der Waals surface area (Å²) in [6.07, 6.45) is 3.44. The van der Waals surface area contributed by atoms with Gasteiger partial charge >= 0.3 is 0 Å². The Morgan fingerprint density at radius 2 is 1.76 bits per heavy atom. The van der Waals surface area contributed by atoms with E-state index in [0.29, 0.717) is 24.7 Å². The first kappa shape index (κ1) is 20.1. The van der Waals surface area contributed by atoms with Crippen molar-refractivity contribution in [3.8, 4) is 5.75 Å². The lowest BCUT2D eigenvalue weighted by atomic mass is 10.1. The van der Waals surface area contributed by atoms with Crippen LogP contribution in [0, 0.1) is 6.92 Å². The van der Waals surface area contributed by atoms with Gasteiger partial charge in [-0.3, -0.25) is 15.1 Å². The molecular formula is C23H24N4O2. The van der Waals surface area contributed by atoms with Crippen molar-refractivity contribution in [2.75, 3.05) is 11.9 Å². The summed E-state index contributed by atoms with van der Waals surface area (Å²) in [4.78, 5) is 21.3. The van der Waals surface area contributed by atoms with Gasteiger partial charge in [-0.25, -0.2) is 4.99 Å². The van der Waals surface area contributed by atoms with E-state index in [0.717, 1.165) is 22.6 Å². The van der Waals surface area contributed by atoms with E-state index < -0.39 is 0 Å². The molecule has 2 N–H and O–H groups in total. The Morgan fingerprint density at radius 3 is 2.45 bits per heavy atom. The van der Waals surface area contributed by atoms with E-state index in [2.05, 4.69) is 20.6 Å². The molecule has 0 atom stereocenters. The van der Waals surface area contributed by atoms with E-state index in [1.165, 1.54) is 0 Å². The van der Waals surface area contributed by atoms with Crippen LogP contribution in [0.1, 0.15) is 28.4 Å². The van der Waals surface area contributed by atoms with Gasteiger partial charge in [-0.1, -0.05) is 18.2 Å². The molecule has 6 heteroatoms. The second-order valence-corrected chi connectivity index (χ2v) is 6.37. The molecule has 0 bridgehead atoms. The fourth-order valence-corrected chi connectivity index (χ4v) is 2.71. The first-order valence-electron chi connectivity index (χ1n) is 9.46. The molecular weight excluding hydrogens is 364 g/mol. The average molecular weight is 388 g/mol. The minimum absolute atomic E-state index is 0.213. The molecule has 148 valence electrons. The largest absolute Gasteiger partial charge is 0.494 e. The maximum absolute atomic E-state index is 12.8. The number of benzene rings is 2. The molecule has 0 saturated heterocycles. The molecule has 1 amide bonds. The van der Waals surface area contributed by atoms with Crippen LogP contribution >= 0.6 is 0 Å². The fraction of sp³-hybridized carbons (Fsp3) is 0.174. The molecule has 0 saturated carbocycles. The van der Waals surface area contributed by atoms with E-state index in [1.54, 1.807) is 18.5 Å². The van der Waals surface area contributed by atoms with Crippen molar-refractivity contribution in [1.29, 1.82) is 0 Å². The van der Waals surface area contributed by atoms with Gasteiger partial charge < -0.3 is 10.1 Å². The first-order chi connectivity index (χ1) is 14.2. The van der Waals surface area contributed by atoms with E-state index in [9.17, 15) is 4.79 Å². The number of anilines is 1. The SMILES string of the molecule is CCOc1ccc(NC(=NCc2ccncc2)NC(=O)c2ccccc2C)cc1. The smallest absolute Gasteiger partial charge is 0.258 e. The van der Waals surface area contributed by atoms with Crippen LogP contribution in [-0.2, 0) is 6.54 Å². The number of pyridine rings is 1. The van der Waals surface area contributed by atoms with Crippen LogP contribution in [0.3, 0.4) is 0 Å². The minimum Gasteiger partial charge on any atom is -0.494 e. The Balaban J connectivity index is 1.79. The van der Waals surface area contributed by atoms with Gasteiger partial charge in [-0.15, -0.1) is 0 Å². The zero-order valence-corrected chi connectivity index (χ0v) is 16.6. The Kier molecular flexibility index (Phi) is 6.95. The molecule has 1 aromatic heterocycles. The number of hydrogen-bond donors (Lipinski definition) is 2. The number of aromatic nitrogens is 1. The zero-order chi connectivity index (χ0) is 20.5. The zero-order valence-electron chi connectivity index (χ0n) is 16.6. The number of aliphatic imine (C=N–C) groups is 1. The van der Waals surface area contributed by atoms with E-state index in [4.69, 9.17) is 4.74 Å². The Bertz CT molecular complexity index is 970. The van der Waals surface area contributed by atoms with Gasteiger partial charge in [0.25, 0.3) is 5.91 Å². The van der Waals surface area contributed by atoms with Crippen LogP contribution in [0.15, 0.2) is 78.0 Å². The van der Waals surface area contributed by atoms with Crippen LogP contribution in [0.2, 0.25) is 0 Å². The molecule has 3 rings (SSSR count). The van der Waals surface area contributed by atoms with Gasteiger partial charge in [0, 0.05) is 23.6 Å². The standard InChI is InChI=1S/C23H24N4O2/c1-3-29-20-10-8-19(9-11-20)26-23(25-16-18-12-14-24-15-13-18)27-22(28)21-7-5-4-6-17(21)2/h4-15H,3,16H2,1-2H3,(H2,25,26,27,28). The summed E-state index contributed by atoms with van der Waals surface area (Å²) >= 11 is 0. The highest BCUT2D eigenvalue weighted by atomic mass is 16.5. The van der Waals surface area contributed by atoms with Gasteiger partial charge in [-0.05, 0) is 67.4 Å². The molecule has 0 radical (unpaired) electrons. The van der Waals surface area contributed by atoms with Crippen molar-refractivity contribution in [2.24, 2.45) is 4.99 Å². The summed E-state index contributed by atoms with van der Waals surface area (Å²) in [6, 6.07) is 18.7. The van der Waals surface area contributed by atoms with Gasteiger partial charge in [0.2, 0.25) is 5.96 Å². The Hall–Kier alpha value is -3.67. The molecule has 0 aliphatic rings. The second-order valence-electron chi connectivity index (χ2n) is 6.37. The Morgan fingerprint density at radius 1 is 1.03 bits per heavy atom. The highest BCUT2D eigenvalue weighted by Gasteiger charge is 2.11. The van der Waals surface area contributed by atoms with Crippen LogP contribution in [0.4, 0.5) is 5.69 Å². The average Bonchev–Trinajstić information content (AvgIpc) is 2.74. The molecule has 2 aromatic carbocycles. The summed E-state index contributed by atoms with van der Waals surface area (Å²) in [5.41, 5.74) is 3.31. The number of rotatable bonds is 6. The molecule has 29 heavy (non-hydrogen) atoms.